The molecule has 0 amide bonds. The molecule has 5 rings (SSSR count). The first-order chi connectivity index (χ1) is 14.0. The SMILES string of the molecule is CC(C)C1CCC2C1(C)CCC1(C)C3CCC4(C)CCC(C)C(C)C4C3CCC21C. The Morgan fingerprint density at radius 2 is 1.40 bits per heavy atom. The van der Waals surface area contributed by atoms with Crippen molar-refractivity contribution in [1.29, 1.82) is 0 Å². The molecule has 0 spiro atoms. The van der Waals surface area contributed by atoms with E-state index < -0.39 is 0 Å². The molecule has 0 aromatic carbocycles. The Hall–Kier alpha value is 0. The van der Waals surface area contributed by atoms with Gasteiger partial charge >= 0.3 is 0 Å². The Kier molecular flexibility index (Phi) is 4.92. The lowest BCUT2D eigenvalue weighted by molar-refractivity contribution is -0.218. The largest absolute Gasteiger partial charge is 0.0625 e. The molecule has 0 aromatic heterocycles. The molecular formula is C30H52. The molecule has 0 N–H and O–H groups in total. The quantitative estimate of drug-likeness (QED) is 0.403. The zero-order valence-corrected chi connectivity index (χ0v) is 21.7. The number of fused-ring (bicyclic) bond motifs is 7. The Bertz CT molecular complexity index is 678. The zero-order valence-electron chi connectivity index (χ0n) is 21.7. The van der Waals surface area contributed by atoms with Gasteiger partial charge in [-0.3, -0.25) is 0 Å². The van der Waals surface area contributed by atoms with Crippen LogP contribution >= 0.6 is 0 Å². The standard InChI is InChI=1S/C30H52/c1-19(2)23-9-10-25-28(23,6)17-18-29(7)24-13-15-27(5)14-11-20(3)21(4)26(27)22(24)12-16-30(25,29)8/h19-26H,9-18H2,1-8H3. The van der Waals surface area contributed by atoms with Crippen LogP contribution in [0.3, 0.4) is 0 Å². The molecule has 0 nitrogen and oxygen atoms in total. The first-order valence-corrected chi connectivity index (χ1v) is 14.0. The minimum atomic E-state index is 0.585. The summed E-state index contributed by atoms with van der Waals surface area (Å²) in [7, 11) is 0. The Labute approximate surface area is 188 Å². The van der Waals surface area contributed by atoms with Crippen LogP contribution in [0.4, 0.5) is 0 Å². The molecule has 0 heteroatoms. The average molecular weight is 413 g/mol. The zero-order chi connectivity index (χ0) is 21.7. The first-order valence-electron chi connectivity index (χ1n) is 14.0. The second-order valence-electron chi connectivity index (χ2n) is 14.7. The molecule has 0 heterocycles. The fourth-order valence-electron chi connectivity index (χ4n) is 11.8. The first kappa shape index (κ1) is 21.8. The van der Waals surface area contributed by atoms with Crippen molar-refractivity contribution in [1.82, 2.24) is 0 Å². The summed E-state index contributed by atoms with van der Waals surface area (Å²) in [6, 6.07) is 0. The van der Waals surface area contributed by atoms with Crippen LogP contribution in [-0.2, 0) is 0 Å². The molecular weight excluding hydrogens is 360 g/mol. The maximum atomic E-state index is 2.81. The van der Waals surface area contributed by atoms with Gasteiger partial charge in [-0.25, -0.2) is 0 Å². The van der Waals surface area contributed by atoms with Crippen molar-refractivity contribution < 1.29 is 0 Å². The molecule has 5 aliphatic rings. The number of hydrogen-bond donors (Lipinski definition) is 0. The van der Waals surface area contributed by atoms with Crippen LogP contribution in [0.25, 0.3) is 0 Å². The van der Waals surface area contributed by atoms with E-state index in [1.54, 1.807) is 12.8 Å². The molecule has 30 heavy (non-hydrogen) atoms. The van der Waals surface area contributed by atoms with E-state index in [9.17, 15) is 0 Å². The predicted octanol–water partition coefficient (Wildman–Crippen LogP) is 8.99. The summed E-state index contributed by atoms with van der Waals surface area (Å²) in [5.74, 6) is 7.72. The topological polar surface area (TPSA) is 0 Å². The molecule has 0 aromatic rings. The summed E-state index contributed by atoms with van der Waals surface area (Å²) in [6.07, 6.45) is 15.2. The summed E-state index contributed by atoms with van der Waals surface area (Å²) < 4.78 is 0. The van der Waals surface area contributed by atoms with E-state index >= 15 is 0 Å². The number of hydrogen-bond acceptors (Lipinski definition) is 0. The molecule has 5 aliphatic carbocycles. The molecule has 5 fully saturated rings. The van der Waals surface area contributed by atoms with E-state index in [0.29, 0.717) is 21.7 Å². The molecule has 0 radical (unpaired) electrons. The van der Waals surface area contributed by atoms with Crippen LogP contribution in [-0.4, -0.2) is 0 Å². The lowest BCUT2D eigenvalue weighted by Gasteiger charge is -2.70. The van der Waals surface area contributed by atoms with Crippen LogP contribution < -0.4 is 0 Å². The minimum absolute atomic E-state index is 0.585. The van der Waals surface area contributed by atoms with Gasteiger partial charge in [-0.1, -0.05) is 55.4 Å². The molecule has 172 valence electrons. The van der Waals surface area contributed by atoms with E-state index in [1.165, 1.54) is 51.4 Å². The highest BCUT2D eigenvalue weighted by molar-refractivity contribution is 5.17. The van der Waals surface area contributed by atoms with Gasteiger partial charge < -0.3 is 0 Å². The van der Waals surface area contributed by atoms with Crippen molar-refractivity contribution in [2.45, 2.75) is 120 Å². The fourth-order valence-corrected chi connectivity index (χ4v) is 11.8. The molecule has 0 bridgehead atoms. The minimum Gasteiger partial charge on any atom is -0.0625 e. The van der Waals surface area contributed by atoms with Crippen LogP contribution in [0.5, 0.6) is 0 Å². The van der Waals surface area contributed by atoms with Gasteiger partial charge in [-0.2, -0.15) is 0 Å². The summed E-state index contributed by atoms with van der Waals surface area (Å²) in [5, 5.41) is 0. The van der Waals surface area contributed by atoms with Gasteiger partial charge in [0.1, 0.15) is 0 Å². The van der Waals surface area contributed by atoms with Crippen LogP contribution in [0.2, 0.25) is 0 Å². The van der Waals surface area contributed by atoms with E-state index in [-0.39, 0.29) is 0 Å². The van der Waals surface area contributed by atoms with Crippen molar-refractivity contribution in [2.24, 2.45) is 69.0 Å². The van der Waals surface area contributed by atoms with Gasteiger partial charge in [-0.05, 0) is 133 Å². The van der Waals surface area contributed by atoms with E-state index in [0.717, 1.165) is 47.3 Å². The van der Waals surface area contributed by atoms with Crippen molar-refractivity contribution in [3.05, 3.63) is 0 Å². The summed E-state index contributed by atoms with van der Waals surface area (Å²) in [5.41, 5.74) is 2.44. The molecule has 0 saturated heterocycles. The highest BCUT2D eigenvalue weighted by atomic mass is 14.7. The molecule has 0 aliphatic heterocycles. The lowest BCUT2D eigenvalue weighted by atomic mass is 9.34. The van der Waals surface area contributed by atoms with Crippen LogP contribution in [0, 0.1) is 69.0 Å². The second kappa shape index (κ2) is 6.76. The summed E-state index contributed by atoms with van der Waals surface area (Å²) >= 11 is 0. The van der Waals surface area contributed by atoms with Gasteiger partial charge in [0.25, 0.3) is 0 Å². The monoisotopic (exact) mass is 412 g/mol. The van der Waals surface area contributed by atoms with Crippen LogP contribution in [0.1, 0.15) is 120 Å². The molecule has 11 atom stereocenters. The predicted molar refractivity (Wildman–Crippen MR) is 129 cm³/mol. The van der Waals surface area contributed by atoms with Crippen molar-refractivity contribution in [3.8, 4) is 0 Å². The summed E-state index contributed by atoms with van der Waals surface area (Å²) in [6.45, 7) is 21.3. The Morgan fingerprint density at radius 3 is 2.10 bits per heavy atom. The smallest absolute Gasteiger partial charge is 0.0235 e. The fraction of sp³-hybridized carbons (Fsp3) is 1.00. The van der Waals surface area contributed by atoms with Gasteiger partial charge in [0, 0.05) is 0 Å². The van der Waals surface area contributed by atoms with E-state index in [2.05, 4.69) is 55.4 Å². The van der Waals surface area contributed by atoms with Gasteiger partial charge in [-0.15, -0.1) is 0 Å². The van der Waals surface area contributed by atoms with Crippen molar-refractivity contribution in [2.75, 3.05) is 0 Å². The molecule has 11 unspecified atom stereocenters. The highest BCUT2D eigenvalue weighted by Crippen LogP contribution is 2.76. The van der Waals surface area contributed by atoms with E-state index in [1.807, 2.05) is 0 Å². The second-order valence-corrected chi connectivity index (χ2v) is 14.7. The van der Waals surface area contributed by atoms with Crippen LogP contribution in [0.15, 0.2) is 0 Å². The maximum absolute atomic E-state index is 2.81. The van der Waals surface area contributed by atoms with Crippen molar-refractivity contribution >= 4 is 0 Å². The van der Waals surface area contributed by atoms with Gasteiger partial charge in [0.2, 0.25) is 0 Å². The maximum Gasteiger partial charge on any atom is -0.0235 e. The van der Waals surface area contributed by atoms with Gasteiger partial charge in [0.05, 0.1) is 0 Å². The third kappa shape index (κ3) is 2.58. The van der Waals surface area contributed by atoms with E-state index in [4.69, 9.17) is 0 Å². The van der Waals surface area contributed by atoms with Gasteiger partial charge in [0.15, 0.2) is 0 Å². The average Bonchev–Trinajstić information content (AvgIpc) is 3.05. The normalized spacial score (nSPS) is 60.5. The third-order valence-corrected chi connectivity index (χ3v) is 13.7. The van der Waals surface area contributed by atoms with Crippen molar-refractivity contribution in [3.63, 3.8) is 0 Å². The number of rotatable bonds is 1. The molecule has 5 saturated carbocycles. The summed E-state index contributed by atoms with van der Waals surface area (Å²) in [4.78, 5) is 0. The lowest BCUT2D eigenvalue weighted by Crippen LogP contribution is -2.63. The Morgan fingerprint density at radius 1 is 0.700 bits per heavy atom. The Balaban J connectivity index is 1.50. The highest BCUT2D eigenvalue weighted by Gasteiger charge is 2.68. The third-order valence-electron chi connectivity index (χ3n) is 13.7.